The maximum absolute atomic E-state index is 12.3. The quantitative estimate of drug-likeness (QED) is 0.707. The Morgan fingerprint density at radius 2 is 1.97 bits per heavy atom. The number of carbonyl (C=O) groups excluding carboxylic acids is 1. The van der Waals surface area contributed by atoms with Crippen molar-refractivity contribution in [2.24, 2.45) is 5.92 Å². The van der Waals surface area contributed by atoms with Crippen LogP contribution in [0.5, 0.6) is 0 Å². The van der Waals surface area contributed by atoms with Gasteiger partial charge in [0.05, 0.1) is 5.39 Å². The number of aryl methyl sites for hydroxylation is 1. The Labute approximate surface area is 178 Å². The fourth-order valence-electron chi connectivity index (χ4n) is 4.51. The monoisotopic (exact) mass is 414 g/mol. The van der Waals surface area contributed by atoms with Crippen LogP contribution in [0.3, 0.4) is 0 Å². The Morgan fingerprint density at radius 3 is 2.66 bits per heavy atom. The van der Waals surface area contributed by atoms with Crippen molar-refractivity contribution in [3.05, 3.63) is 16.3 Å². The van der Waals surface area contributed by atoms with Crippen LogP contribution in [0.15, 0.2) is 0 Å². The number of aromatic nitrogens is 2. The maximum Gasteiger partial charge on any atom is 0.222 e. The van der Waals surface area contributed by atoms with Gasteiger partial charge in [0.25, 0.3) is 0 Å². The molecule has 0 radical (unpaired) electrons. The van der Waals surface area contributed by atoms with Crippen LogP contribution in [-0.2, 0) is 17.6 Å². The van der Waals surface area contributed by atoms with Gasteiger partial charge in [0.1, 0.15) is 16.5 Å². The minimum absolute atomic E-state index is 0.294. The lowest BCUT2D eigenvalue weighted by molar-refractivity contribution is -0.131. The number of fused-ring (bicyclic) bond motifs is 3. The molecule has 0 bridgehead atoms. The smallest absolute Gasteiger partial charge is 0.222 e. The van der Waals surface area contributed by atoms with Gasteiger partial charge in [-0.15, -0.1) is 11.3 Å². The van der Waals surface area contributed by atoms with Gasteiger partial charge in [0.2, 0.25) is 5.91 Å². The fourth-order valence-corrected chi connectivity index (χ4v) is 5.89. The first-order valence-electron chi connectivity index (χ1n) is 11.4. The Bertz CT molecular complexity index is 885. The Morgan fingerprint density at radius 1 is 1.21 bits per heavy atom. The summed E-state index contributed by atoms with van der Waals surface area (Å²) >= 11 is 1.89. The molecule has 2 aromatic rings. The number of piperazine rings is 1. The van der Waals surface area contributed by atoms with E-state index in [9.17, 15) is 4.79 Å². The molecule has 2 atom stereocenters. The summed E-state index contributed by atoms with van der Waals surface area (Å²) in [5.74, 6) is 3.52. The zero-order valence-corrected chi connectivity index (χ0v) is 19.1. The third kappa shape index (κ3) is 4.00. The molecule has 0 unspecified atom stereocenters. The molecule has 2 aromatic heterocycles. The topological polar surface area (TPSA) is 49.3 Å². The van der Waals surface area contributed by atoms with Crippen molar-refractivity contribution in [2.75, 3.05) is 31.1 Å². The largest absolute Gasteiger partial charge is 0.352 e. The highest BCUT2D eigenvalue weighted by Crippen LogP contribution is 2.41. The fraction of sp³-hybridized carbons (Fsp3) is 0.696. The minimum Gasteiger partial charge on any atom is -0.352 e. The molecule has 1 aliphatic carbocycles. The summed E-state index contributed by atoms with van der Waals surface area (Å²) in [5, 5.41) is 1.30. The van der Waals surface area contributed by atoms with Crippen molar-refractivity contribution >= 4 is 33.3 Å². The number of hydrogen-bond donors (Lipinski definition) is 0. The zero-order valence-electron chi connectivity index (χ0n) is 18.3. The number of nitrogens with zero attached hydrogens (tertiary/aromatic N) is 4. The van der Waals surface area contributed by atoms with Gasteiger partial charge in [-0.25, -0.2) is 9.97 Å². The Balaban J connectivity index is 1.70. The molecule has 2 aliphatic rings. The normalized spacial score (nSPS) is 20.8. The highest BCUT2D eigenvalue weighted by atomic mass is 32.1. The van der Waals surface area contributed by atoms with Gasteiger partial charge in [-0.2, -0.15) is 0 Å². The molecule has 3 heterocycles. The predicted octanol–water partition coefficient (Wildman–Crippen LogP) is 4.78. The standard InChI is InChI=1S/C23H34N4OS/c1-5-7-19(28)26-10-12-27(13-11-26)22-20-17-9-8-15(3)14-18(17)29-23(20)25-21(24-22)16(4)6-2/h15-16H,5-14H2,1-4H3/t15-,16+/m1/s1. The lowest BCUT2D eigenvalue weighted by Crippen LogP contribution is -2.49. The average Bonchev–Trinajstić information content (AvgIpc) is 3.10. The van der Waals surface area contributed by atoms with Crippen molar-refractivity contribution in [1.29, 1.82) is 0 Å². The highest BCUT2D eigenvalue weighted by Gasteiger charge is 2.28. The van der Waals surface area contributed by atoms with Gasteiger partial charge in [-0.05, 0) is 43.6 Å². The van der Waals surface area contributed by atoms with Gasteiger partial charge in [-0.1, -0.05) is 27.7 Å². The van der Waals surface area contributed by atoms with E-state index in [1.54, 1.807) is 0 Å². The van der Waals surface area contributed by atoms with E-state index in [2.05, 4.69) is 32.6 Å². The van der Waals surface area contributed by atoms with Crippen molar-refractivity contribution in [2.45, 2.75) is 72.1 Å². The first kappa shape index (κ1) is 20.6. The van der Waals surface area contributed by atoms with Crippen molar-refractivity contribution < 1.29 is 4.79 Å². The predicted molar refractivity (Wildman–Crippen MR) is 121 cm³/mol. The lowest BCUT2D eigenvalue weighted by atomic mass is 9.89. The van der Waals surface area contributed by atoms with Crippen LogP contribution >= 0.6 is 11.3 Å². The summed E-state index contributed by atoms with van der Waals surface area (Å²) in [7, 11) is 0. The van der Waals surface area contributed by atoms with Crippen LogP contribution < -0.4 is 4.90 Å². The second kappa shape index (κ2) is 8.58. The summed E-state index contributed by atoms with van der Waals surface area (Å²) in [6.07, 6.45) is 6.20. The van der Waals surface area contributed by atoms with E-state index in [0.29, 0.717) is 18.2 Å². The first-order valence-corrected chi connectivity index (χ1v) is 12.2. The van der Waals surface area contributed by atoms with Crippen molar-refractivity contribution in [3.8, 4) is 0 Å². The molecule has 1 fully saturated rings. The molecule has 1 aliphatic heterocycles. The molecule has 0 saturated carbocycles. The van der Waals surface area contributed by atoms with Crippen LogP contribution in [0.2, 0.25) is 0 Å². The molecule has 4 rings (SSSR count). The van der Waals surface area contributed by atoms with Crippen LogP contribution in [0, 0.1) is 5.92 Å². The molecule has 1 amide bonds. The Hall–Kier alpha value is -1.69. The van der Waals surface area contributed by atoms with Crippen LogP contribution in [0.4, 0.5) is 5.82 Å². The van der Waals surface area contributed by atoms with Gasteiger partial charge in [-0.3, -0.25) is 4.79 Å². The summed E-state index contributed by atoms with van der Waals surface area (Å²) in [5.41, 5.74) is 1.50. The van der Waals surface area contributed by atoms with E-state index in [-0.39, 0.29) is 0 Å². The number of thiophene rings is 1. The van der Waals surface area contributed by atoms with E-state index >= 15 is 0 Å². The third-order valence-electron chi connectivity index (χ3n) is 6.60. The minimum atomic E-state index is 0.294. The van der Waals surface area contributed by atoms with Crippen molar-refractivity contribution in [1.82, 2.24) is 14.9 Å². The van der Waals surface area contributed by atoms with Crippen LogP contribution in [-0.4, -0.2) is 47.0 Å². The SMILES string of the molecule is CCCC(=O)N1CCN(c2nc([C@@H](C)CC)nc3sc4c(c23)CC[C@@H](C)C4)CC1. The van der Waals surface area contributed by atoms with E-state index in [0.717, 1.165) is 63.0 Å². The second-order valence-corrected chi connectivity index (χ2v) is 9.95. The molecular weight excluding hydrogens is 380 g/mol. The van der Waals surface area contributed by atoms with Gasteiger partial charge in [0.15, 0.2) is 0 Å². The number of rotatable bonds is 5. The lowest BCUT2D eigenvalue weighted by Gasteiger charge is -2.36. The van der Waals surface area contributed by atoms with E-state index < -0.39 is 0 Å². The zero-order chi connectivity index (χ0) is 20.5. The van der Waals surface area contributed by atoms with E-state index in [4.69, 9.17) is 9.97 Å². The molecule has 5 nitrogen and oxygen atoms in total. The molecule has 29 heavy (non-hydrogen) atoms. The molecule has 6 heteroatoms. The summed E-state index contributed by atoms with van der Waals surface area (Å²) in [6, 6.07) is 0. The highest BCUT2D eigenvalue weighted by molar-refractivity contribution is 7.19. The summed E-state index contributed by atoms with van der Waals surface area (Å²) < 4.78 is 0. The number of amides is 1. The summed E-state index contributed by atoms with van der Waals surface area (Å²) in [6.45, 7) is 12.2. The molecule has 158 valence electrons. The maximum atomic E-state index is 12.3. The molecule has 0 spiro atoms. The number of anilines is 1. The average molecular weight is 415 g/mol. The van der Waals surface area contributed by atoms with Crippen molar-refractivity contribution in [3.63, 3.8) is 0 Å². The summed E-state index contributed by atoms with van der Waals surface area (Å²) in [4.78, 5) is 29.6. The van der Waals surface area contributed by atoms with Crippen LogP contribution in [0.1, 0.15) is 75.6 Å². The number of carbonyl (C=O) groups is 1. The van der Waals surface area contributed by atoms with Gasteiger partial charge in [0, 0.05) is 43.4 Å². The van der Waals surface area contributed by atoms with E-state index in [1.165, 1.54) is 33.5 Å². The number of hydrogen-bond acceptors (Lipinski definition) is 5. The molecular formula is C23H34N4OS. The Kier molecular flexibility index (Phi) is 6.09. The van der Waals surface area contributed by atoms with Crippen LogP contribution in [0.25, 0.3) is 10.2 Å². The molecule has 0 aromatic carbocycles. The molecule has 0 N–H and O–H groups in total. The van der Waals surface area contributed by atoms with Gasteiger partial charge < -0.3 is 9.80 Å². The first-order chi connectivity index (χ1) is 14.0. The second-order valence-electron chi connectivity index (χ2n) is 8.86. The third-order valence-corrected chi connectivity index (χ3v) is 7.75. The molecule has 1 saturated heterocycles. The van der Waals surface area contributed by atoms with Gasteiger partial charge >= 0.3 is 0 Å². The van der Waals surface area contributed by atoms with E-state index in [1.807, 2.05) is 16.2 Å².